The molecule has 2 nitrogen and oxygen atoms in total. The molecule has 0 heterocycles. The third-order valence-electron chi connectivity index (χ3n) is 3.24. The third kappa shape index (κ3) is 1.97. The Morgan fingerprint density at radius 1 is 0.737 bits per heavy atom. The summed E-state index contributed by atoms with van der Waals surface area (Å²) in [7, 11) is 0. The second-order valence-corrected chi connectivity index (χ2v) is 4.44. The summed E-state index contributed by atoms with van der Waals surface area (Å²) >= 11 is 0. The molecule has 0 unspecified atom stereocenters. The number of hydrogen-bond donors (Lipinski definition) is 1. The highest BCUT2D eigenvalue weighted by Gasteiger charge is 2.14. The zero-order valence-electron chi connectivity index (χ0n) is 10.3. The van der Waals surface area contributed by atoms with Crippen molar-refractivity contribution >= 4 is 22.2 Å². The van der Waals surface area contributed by atoms with Crippen LogP contribution in [0.15, 0.2) is 66.7 Å². The first-order chi connectivity index (χ1) is 9.27. The SMILES string of the molecule is Nc1ccccc1C(=O)c1cccc2ccccc12. The lowest BCUT2D eigenvalue weighted by Gasteiger charge is -2.07. The molecule has 19 heavy (non-hydrogen) atoms. The minimum Gasteiger partial charge on any atom is -0.398 e. The van der Waals surface area contributed by atoms with E-state index in [9.17, 15) is 4.79 Å². The van der Waals surface area contributed by atoms with Crippen molar-refractivity contribution in [3.63, 3.8) is 0 Å². The van der Waals surface area contributed by atoms with Crippen LogP contribution in [0.2, 0.25) is 0 Å². The van der Waals surface area contributed by atoms with Crippen molar-refractivity contribution in [2.45, 2.75) is 0 Å². The summed E-state index contributed by atoms with van der Waals surface area (Å²) in [5, 5.41) is 2.01. The van der Waals surface area contributed by atoms with E-state index in [-0.39, 0.29) is 5.78 Å². The number of fused-ring (bicyclic) bond motifs is 1. The van der Waals surface area contributed by atoms with E-state index in [0.717, 1.165) is 10.8 Å². The normalized spacial score (nSPS) is 10.5. The van der Waals surface area contributed by atoms with Gasteiger partial charge in [0.25, 0.3) is 0 Å². The molecule has 0 fully saturated rings. The van der Waals surface area contributed by atoms with Gasteiger partial charge in [0.1, 0.15) is 0 Å². The maximum atomic E-state index is 12.6. The second kappa shape index (κ2) is 4.58. The summed E-state index contributed by atoms with van der Waals surface area (Å²) < 4.78 is 0. The number of carbonyl (C=O) groups is 1. The Kier molecular flexibility index (Phi) is 2.76. The lowest BCUT2D eigenvalue weighted by molar-refractivity contribution is 0.104. The third-order valence-corrected chi connectivity index (χ3v) is 3.24. The fourth-order valence-electron chi connectivity index (χ4n) is 2.27. The molecular formula is C17H13NO. The topological polar surface area (TPSA) is 43.1 Å². The van der Waals surface area contributed by atoms with Gasteiger partial charge in [-0.05, 0) is 22.9 Å². The molecule has 0 aliphatic heterocycles. The first-order valence-corrected chi connectivity index (χ1v) is 6.14. The molecule has 0 saturated heterocycles. The fraction of sp³-hybridized carbons (Fsp3) is 0. The van der Waals surface area contributed by atoms with Crippen molar-refractivity contribution in [1.29, 1.82) is 0 Å². The van der Waals surface area contributed by atoms with Crippen LogP contribution >= 0.6 is 0 Å². The molecule has 2 heteroatoms. The highest BCUT2D eigenvalue weighted by molar-refractivity contribution is 6.18. The minimum absolute atomic E-state index is 0.0325. The van der Waals surface area contributed by atoms with Gasteiger partial charge in [-0.15, -0.1) is 0 Å². The van der Waals surface area contributed by atoms with Crippen molar-refractivity contribution in [2.24, 2.45) is 0 Å². The van der Waals surface area contributed by atoms with Gasteiger partial charge in [-0.1, -0.05) is 54.6 Å². The molecular weight excluding hydrogens is 234 g/mol. The van der Waals surface area contributed by atoms with Crippen molar-refractivity contribution in [2.75, 3.05) is 5.73 Å². The molecule has 3 aromatic rings. The van der Waals surface area contributed by atoms with Gasteiger partial charge in [0.2, 0.25) is 0 Å². The number of benzene rings is 3. The molecule has 0 aromatic heterocycles. The van der Waals surface area contributed by atoms with E-state index in [1.165, 1.54) is 0 Å². The maximum Gasteiger partial charge on any atom is 0.195 e. The average Bonchev–Trinajstić information content (AvgIpc) is 2.46. The highest BCUT2D eigenvalue weighted by Crippen LogP contribution is 2.23. The number of carbonyl (C=O) groups excluding carboxylic acids is 1. The van der Waals surface area contributed by atoms with E-state index in [1.807, 2.05) is 54.6 Å². The number of para-hydroxylation sites is 1. The number of ketones is 1. The Labute approximate surface area is 111 Å². The number of hydrogen-bond acceptors (Lipinski definition) is 2. The summed E-state index contributed by atoms with van der Waals surface area (Å²) in [6.07, 6.45) is 0. The standard InChI is InChI=1S/C17H13NO/c18-16-11-4-3-9-15(16)17(19)14-10-5-7-12-6-1-2-8-13(12)14/h1-11H,18H2. The van der Waals surface area contributed by atoms with Crippen molar-refractivity contribution in [3.05, 3.63) is 77.9 Å². The van der Waals surface area contributed by atoms with Gasteiger partial charge < -0.3 is 5.73 Å². The number of nitrogen functional groups attached to an aromatic ring is 1. The minimum atomic E-state index is -0.0325. The first-order valence-electron chi connectivity index (χ1n) is 6.14. The Hall–Kier alpha value is -2.61. The van der Waals surface area contributed by atoms with Gasteiger partial charge in [0.05, 0.1) is 0 Å². The summed E-state index contributed by atoms with van der Waals surface area (Å²) in [4.78, 5) is 12.6. The summed E-state index contributed by atoms with van der Waals surface area (Å²) in [6, 6.07) is 20.8. The maximum absolute atomic E-state index is 12.6. The van der Waals surface area contributed by atoms with Gasteiger partial charge in [-0.2, -0.15) is 0 Å². The van der Waals surface area contributed by atoms with Crippen molar-refractivity contribution in [1.82, 2.24) is 0 Å². The van der Waals surface area contributed by atoms with Gasteiger partial charge in [-0.3, -0.25) is 4.79 Å². The lowest BCUT2D eigenvalue weighted by Crippen LogP contribution is -2.05. The molecule has 3 aromatic carbocycles. The van der Waals surface area contributed by atoms with Crippen LogP contribution in [-0.2, 0) is 0 Å². The number of rotatable bonds is 2. The quantitative estimate of drug-likeness (QED) is 0.555. The van der Waals surface area contributed by atoms with E-state index >= 15 is 0 Å². The van der Waals surface area contributed by atoms with Crippen molar-refractivity contribution < 1.29 is 4.79 Å². The van der Waals surface area contributed by atoms with Crippen LogP contribution in [0.25, 0.3) is 10.8 Å². The zero-order valence-corrected chi connectivity index (χ0v) is 10.3. The molecule has 0 atom stereocenters. The van der Waals surface area contributed by atoms with Gasteiger partial charge in [0.15, 0.2) is 5.78 Å². The summed E-state index contributed by atoms with van der Waals surface area (Å²) in [6.45, 7) is 0. The largest absolute Gasteiger partial charge is 0.398 e. The molecule has 2 N–H and O–H groups in total. The Balaban J connectivity index is 2.20. The molecule has 3 rings (SSSR count). The predicted octanol–water partition coefficient (Wildman–Crippen LogP) is 3.65. The molecule has 0 amide bonds. The Morgan fingerprint density at radius 2 is 1.37 bits per heavy atom. The van der Waals surface area contributed by atoms with E-state index in [4.69, 9.17) is 5.73 Å². The van der Waals surface area contributed by atoms with Gasteiger partial charge in [-0.25, -0.2) is 0 Å². The van der Waals surface area contributed by atoms with Crippen LogP contribution in [0.1, 0.15) is 15.9 Å². The molecule has 0 saturated carbocycles. The van der Waals surface area contributed by atoms with Gasteiger partial charge >= 0.3 is 0 Å². The van der Waals surface area contributed by atoms with E-state index in [0.29, 0.717) is 16.8 Å². The second-order valence-electron chi connectivity index (χ2n) is 4.44. The van der Waals surface area contributed by atoms with Crippen LogP contribution < -0.4 is 5.73 Å². The smallest absolute Gasteiger partial charge is 0.195 e. The lowest BCUT2D eigenvalue weighted by atomic mass is 9.96. The molecule has 0 bridgehead atoms. The number of anilines is 1. The van der Waals surface area contributed by atoms with E-state index in [2.05, 4.69) is 0 Å². The predicted molar refractivity (Wildman–Crippen MR) is 78.2 cm³/mol. The molecule has 0 aliphatic carbocycles. The molecule has 0 aliphatic rings. The highest BCUT2D eigenvalue weighted by atomic mass is 16.1. The molecule has 92 valence electrons. The fourth-order valence-corrected chi connectivity index (χ4v) is 2.27. The van der Waals surface area contributed by atoms with Crippen molar-refractivity contribution in [3.8, 4) is 0 Å². The first kappa shape index (κ1) is 11.5. The summed E-state index contributed by atoms with van der Waals surface area (Å²) in [5.74, 6) is -0.0325. The Bertz CT molecular complexity index is 757. The van der Waals surface area contributed by atoms with Crippen LogP contribution in [0.4, 0.5) is 5.69 Å². The zero-order chi connectivity index (χ0) is 13.2. The van der Waals surface area contributed by atoms with Crippen LogP contribution in [0.3, 0.4) is 0 Å². The average molecular weight is 247 g/mol. The van der Waals surface area contributed by atoms with E-state index < -0.39 is 0 Å². The number of nitrogens with two attached hydrogens (primary N) is 1. The van der Waals surface area contributed by atoms with Crippen LogP contribution in [0.5, 0.6) is 0 Å². The monoisotopic (exact) mass is 247 g/mol. The summed E-state index contributed by atoms with van der Waals surface area (Å²) in [5.41, 5.74) is 7.64. The molecule has 0 spiro atoms. The van der Waals surface area contributed by atoms with Crippen LogP contribution in [-0.4, -0.2) is 5.78 Å². The molecule has 0 radical (unpaired) electrons. The Morgan fingerprint density at radius 3 is 2.21 bits per heavy atom. The van der Waals surface area contributed by atoms with E-state index in [1.54, 1.807) is 12.1 Å². The van der Waals surface area contributed by atoms with Gasteiger partial charge in [0, 0.05) is 16.8 Å². The van der Waals surface area contributed by atoms with Crippen LogP contribution in [0, 0.1) is 0 Å².